The van der Waals surface area contributed by atoms with Crippen LogP contribution in [0.5, 0.6) is 0 Å². The monoisotopic (exact) mass is 260 g/mol. The minimum atomic E-state index is -4.37. The topological polar surface area (TPSA) is 83.0 Å². The van der Waals surface area contributed by atoms with Gasteiger partial charge in [0.1, 0.15) is 0 Å². The number of aromatic nitrogens is 2. The summed E-state index contributed by atoms with van der Waals surface area (Å²) in [5.41, 5.74) is 0.758. The molecule has 5 nitrogen and oxygen atoms in total. The maximum absolute atomic E-state index is 13.0. The number of aliphatic carboxylic acids is 1. The lowest BCUT2D eigenvalue weighted by Crippen LogP contribution is -2.33. The summed E-state index contributed by atoms with van der Waals surface area (Å²) >= 11 is 0. The molecule has 0 bridgehead atoms. The highest BCUT2D eigenvalue weighted by Crippen LogP contribution is 2.25. The molecule has 17 heavy (non-hydrogen) atoms. The summed E-state index contributed by atoms with van der Waals surface area (Å²) in [4.78, 5) is 16.3. The van der Waals surface area contributed by atoms with Crippen LogP contribution in [0.15, 0.2) is 29.4 Å². The van der Waals surface area contributed by atoms with Crippen LogP contribution in [0.2, 0.25) is 0 Å². The van der Waals surface area contributed by atoms with Crippen molar-refractivity contribution >= 4 is 27.8 Å². The van der Waals surface area contributed by atoms with Crippen molar-refractivity contribution in [2.45, 2.75) is 10.4 Å². The van der Waals surface area contributed by atoms with Gasteiger partial charge in [-0.2, -0.15) is 8.78 Å². The number of alkyl halides is 2. The number of halogens is 2. The second kappa shape index (κ2) is 3.88. The summed E-state index contributed by atoms with van der Waals surface area (Å²) in [6, 6.07) is 6.36. The normalized spacial score (nSPS) is 13.8. The number of carbonyl (C=O) groups is 1. The fourth-order valence-electron chi connectivity index (χ4n) is 1.22. The van der Waals surface area contributed by atoms with Gasteiger partial charge in [0.05, 0.1) is 11.0 Å². The van der Waals surface area contributed by atoms with Gasteiger partial charge < -0.3 is 10.1 Å². The molecule has 1 heterocycles. The summed E-state index contributed by atoms with van der Waals surface area (Å²) in [5.74, 6) is -2.45. The second-order valence-electron chi connectivity index (χ2n) is 3.15. The molecule has 0 aliphatic heterocycles. The van der Waals surface area contributed by atoms with E-state index in [0.717, 1.165) is 0 Å². The quantitative estimate of drug-likeness (QED) is 0.872. The Morgan fingerprint density at radius 1 is 1.41 bits per heavy atom. The number of fused-ring (bicyclic) bond motifs is 1. The Kier molecular flexibility index (Phi) is 2.66. The SMILES string of the molecule is O=C(O)C(F)(F)[S@](=O)c1nc2ccccc2[nH]1. The van der Waals surface area contributed by atoms with E-state index in [0.29, 0.717) is 11.0 Å². The van der Waals surface area contributed by atoms with E-state index in [4.69, 9.17) is 5.11 Å². The standard InChI is InChI=1S/C9H6F2N2O3S/c10-9(11,7(14)15)17(16)8-12-5-3-1-2-4-6(5)13-8/h1-4H,(H,12,13)(H,14,15)/t17-/m1/s1. The van der Waals surface area contributed by atoms with Crippen molar-refractivity contribution < 1.29 is 22.9 Å². The number of H-pyrrole nitrogens is 1. The number of imidazole rings is 1. The van der Waals surface area contributed by atoms with Gasteiger partial charge in [0.25, 0.3) is 0 Å². The van der Waals surface area contributed by atoms with Crippen molar-refractivity contribution in [3.05, 3.63) is 24.3 Å². The van der Waals surface area contributed by atoms with E-state index in [2.05, 4.69) is 9.97 Å². The Labute approximate surface area is 95.9 Å². The molecule has 0 radical (unpaired) electrons. The molecule has 1 aromatic carbocycles. The summed E-state index contributed by atoms with van der Waals surface area (Å²) in [6.45, 7) is 0. The number of nitrogens with zero attached hydrogens (tertiary/aromatic N) is 1. The third-order valence-electron chi connectivity index (χ3n) is 2.03. The summed E-state index contributed by atoms with van der Waals surface area (Å²) in [7, 11) is -3.06. The number of hydrogen-bond acceptors (Lipinski definition) is 3. The Balaban J connectivity index is 2.47. The Morgan fingerprint density at radius 3 is 2.65 bits per heavy atom. The molecule has 2 aromatic rings. The zero-order valence-corrected chi connectivity index (χ0v) is 9.00. The average molecular weight is 260 g/mol. The minimum absolute atomic E-state index is 0.344. The first kappa shape index (κ1) is 11.6. The van der Waals surface area contributed by atoms with Gasteiger partial charge in [-0.15, -0.1) is 0 Å². The lowest BCUT2D eigenvalue weighted by atomic mass is 10.3. The number of rotatable bonds is 3. The fraction of sp³-hybridized carbons (Fsp3) is 0.111. The van der Waals surface area contributed by atoms with Crippen LogP contribution in [0.1, 0.15) is 0 Å². The maximum Gasteiger partial charge on any atom is 0.422 e. The smallest absolute Gasteiger partial charge is 0.422 e. The third-order valence-corrected chi connectivity index (χ3v) is 3.21. The molecule has 0 aliphatic carbocycles. The largest absolute Gasteiger partial charge is 0.476 e. The molecule has 1 atom stereocenters. The van der Waals surface area contributed by atoms with Crippen LogP contribution in [0.3, 0.4) is 0 Å². The van der Waals surface area contributed by atoms with E-state index in [1.54, 1.807) is 18.2 Å². The molecule has 0 fully saturated rings. The van der Waals surface area contributed by atoms with E-state index < -0.39 is 27.2 Å². The molecule has 0 unspecified atom stereocenters. The zero-order chi connectivity index (χ0) is 12.6. The molecule has 0 aliphatic rings. The van der Waals surface area contributed by atoms with Gasteiger partial charge in [0.15, 0.2) is 10.8 Å². The van der Waals surface area contributed by atoms with Crippen molar-refractivity contribution in [1.29, 1.82) is 0 Å². The predicted molar refractivity (Wildman–Crippen MR) is 55.1 cm³/mol. The molecule has 1 aromatic heterocycles. The second-order valence-corrected chi connectivity index (χ2v) is 4.59. The summed E-state index contributed by atoms with van der Waals surface area (Å²) in [5, 5.41) is 3.34. The molecular formula is C9H6F2N2O3S. The van der Waals surface area contributed by atoms with Crippen LogP contribution in [0.4, 0.5) is 8.78 Å². The molecule has 0 spiro atoms. The van der Waals surface area contributed by atoms with E-state index >= 15 is 0 Å². The number of aromatic amines is 1. The van der Waals surface area contributed by atoms with Crippen LogP contribution >= 0.6 is 0 Å². The number of para-hydroxylation sites is 2. The molecule has 8 heteroatoms. The Hall–Kier alpha value is -1.83. The van der Waals surface area contributed by atoms with Gasteiger partial charge in [-0.1, -0.05) is 12.1 Å². The predicted octanol–water partition coefficient (Wildman–Crippen LogP) is 1.35. The average Bonchev–Trinajstić information content (AvgIpc) is 2.70. The van der Waals surface area contributed by atoms with Crippen molar-refractivity contribution in [1.82, 2.24) is 9.97 Å². The number of benzene rings is 1. The van der Waals surface area contributed by atoms with Gasteiger partial charge in [0, 0.05) is 0 Å². The van der Waals surface area contributed by atoms with Gasteiger partial charge in [0.2, 0.25) is 5.16 Å². The van der Waals surface area contributed by atoms with E-state index in [-0.39, 0.29) is 0 Å². The Morgan fingerprint density at radius 2 is 2.06 bits per heavy atom. The van der Waals surface area contributed by atoms with Crippen LogP contribution in [0, 0.1) is 0 Å². The first-order valence-corrected chi connectivity index (χ1v) is 5.56. The number of hydrogen-bond donors (Lipinski definition) is 2. The van der Waals surface area contributed by atoms with E-state index in [9.17, 15) is 17.8 Å². The Bertz CT molecular complexity index is 578. The number of carboxylic acids is 1. The van der Waals surface area contributed by atoms with Crippen molar-refractivity contribution in [2.75, 3.05) is 0 Å². The molecular weight excluding hydrogens is 254 g/mol. The van der Waals surface area contributed by atoms with Crippen molar-refractivity contribution in [2.24, 2.45) is 0 Å². The highest BCUT2D eigenvalue weighted by atomic mass is 32.2. The molecule has 0 amide bonds. The third kappa shape index (κ3) is 1.91. The highest BCUT2D eigenvalue weighted by molar-refractivity contribution is 7.86. The van der Waals surface area contributed by atoms with E-state index in [1.807, 2.05) is 0 Å². The maximum atomic E-state index is 13.0. The van der Waals surface area contributed by atoms with Gasteiger partial charge in [-0.05, 0) is 12.1 Å². The lowest BCUT2D eigenvalue weighted by Gasteiger charge is -2.07. The zero-order valence-electron chi connectivity index (χ0n) is 8.18. The molecule has 0 saturated carbocycles. The first-order chi connectivity index (χ1) is 7.93. The first-order valence-electron chi connectivity index (χ1n) is 4.41. The lowest BCUT2D eigenvalue weighted by molar-refractivity contribution is -0.153. The molecule has 0 saturated heterocycles. The van der Waals surface area contributed by atoms with Crippen molar-refractivity contribution in [3.8, 4) is 0 Å². The van der Waals surface area contributed by atoms with Gasteiger partial charge in [-0.25, -0.2) is 14.0 Å². The number of nitrogens with one attached hydrogen (secondary N) is 1. The van der Waals surface area contributed by atoms with Gasteiger partial charge in [-0.3, -0.25) is 0 Å². The van der Waals surface area contributed by atoms with Crippen LogP contribution in [-0.4, -0.2) is 30.5 Å². The molecule has 2 N–H and O–H groups in total. The van der Waals surface area contributed by atoms with E-state index in [1.165, 1.54) is 6.07 Å². The summed E-state index contributed by atoms with van der Waals surface area (Å²) < 4.78 is 37.4. The van der Waals surface area contributed by atoms with Crippen molar-refractivity contribution in [3.63, 3.8) is 0 Å². The van der Waals surface area contributed by atoms with Crippen LogP contribution < -0.4 is 0 Å². The molecule has 2 rings (SSSR count). The fourth-order valence-corrected chi connectivity index (χ4v) is 2.00. The van der Waals surface area contributed by atoms with Crippen LogP contribution in [0.25, 0.3) is 11.0 Å². The molecule has 90 valence electrons. The van der Waals surface area contributed by atoms with Crippen LogP contribution in [-0.2, 0) is 15.6 Å². The highest BCUT2D eigenvalue weighted by Gasteiger charge is 2.48. The summed E-state index contributed by atoms with van der Waals surface area (Å²) in [6.07, 6.45) is 0. The van der Waals surface area contributed by atoms with Gasteiger partial charge >= 0.3 is 11.2 Å². The number of carboxylic acid groups (broad SMARTS) is 1. The minimum Gasteiger partial charge on any atom is -0.476 e.